The van der Waals surface area contributed by atoms with E-state index in [-0.39, 0.29) is 0 Å². The van der Waals surface area contributed by atoms with Crippen molar-refractivity contribution in [2.24, 2.45) is 0 Å². The molecule has 10 aromatic carbocycles. The Morgan fingerprint density at radius 2 is 0.705 bits per heavy atom. The van der Waals surface area contributed by atoms with Crippen LogP contribution in [0.1, 0.15) is 0 Å². The first-order valence-electron chi connectivity index (χ1n) is 21.0. The van der Waals surface area contributed by atoms with Gasteiger partial charge in [0.1, 0.15) is 0 Å². The Labute approximate surface area is 352 Å². The summed E-state index contributed by atoms with van der Waals surface area (Å²) in [7, 11) is 0. The summed E-state index contributed by atoms with van der Waals surface area (Å²) in [5.74, 6) is 0. The normalized spacial score (nSPS) is 11.9. The maximum absolute atomic E-state index is 2.47. The number of aromatic nitrogens is 3. The molecule has 0 fully saturated rings. The van der Waals surface area contributed by atoms with Crippen LogP contribution in [0.4, 0.5) is 0 Å². The van der Waals surface area contributed by atoms with Gasteiger partial charge in [0, 0.05) is 49.1 Å². The Morgan fingerprint density at radius 1 is 0.230 bits per heavy atom. The minimum absolute atomic E-state index is 1.14. The smallest absolute Gasteiger partial charge is 0.0548 e. The number of benzene rings is 10. The second kappa shape index (κ2) is 13.2. The lowest BCUT2D eigenvalue weighted by atomic mass is 9.99. The summed E-state index contributed by atoms with van der Waals surface area (Å²) in [6, 6.07) is 82.2. The molecule has 0 amide bonds. The van der Waals surface area contributed by atoms with Gasteiger partial charge in [0.05, 0.1) is 38.8 Å². The highest BCUT2D eigenvalue weighted by molar-refractivity contribution is 6.29. The molecule has 0 atom stereocenters. The Bertz CT molecular complexity index is 3860. The summed E-state index contributed by atoms with van der Waals surface area (Å²) < 4.78 is 7.33. The highest BCUT2D eigenvalue weighted by atomic mass is 15.0. The molecule has 0 spiro atoms. The largest absolute Gasteiger partial charge is 0.309 e. The highest BCUT2D eigenvalue weighted by Crippen LogP contribution is 2.44. The zero-order valence-electron chi connectivity index (χ0n) is 33.2. The van der Waals surface area contributed by atoms with E-state index in [9.17, 15) is 0 Å². The molecule has 0 N–H and O–H groups in total. The van der Waals surface area contributed by atoms with Crippen molar-refractivity contribution in [2.75, 3.05) is 0 Å². The molecule has 13 rings (SSSR count). The molecular formula is C58H37N3. The van der Waals surface area contributed by atoms with Gasteiger partial charge in [-0.05, 0) is 107 Å². The summed E-state index contributed by atoms with van der Waals surface area (Å²) in [6.07, 6.45) is 0. The van der Waals surface area contributed by atoms with Gasteiger partial charge in [-0.2, -0.15) is 0 Å². The summed E-state index contributed by atoms with van der Waals surface area (Å²) in [5.41, 5.74) is 15.5. The summed E-state index contributed by atoms with van der Waals surface area (Å²) >= 11 is 0. The van der Waals surface area contributed by atoms with Crippen LogP contribution in [0, 0.1) is 0 Å². The molecule has 0 saturated carbocycles. The van der Waals surface area contributed by atoms with Crippen molar-refractivity contribution in [2.45, 2.75) is 0 Å². The van der Waals surface area contributed by atoms with E-state index in [1.54, 1.807) is 0 Å². The Kier molecular flexibility index (Phi) is 7.31. The van der Waals surface area contributed by atoms with Crippen LogP contribution in [0.5, 0.6) is 0 Å². The van der Waals surface area contributed by atoms with Crippen molar-refractivity contribution >= 4 is 76.2 Å². The number of nitrogens with zero attached hydrogens (tertiary/aromatic N) is 3. The van der Waals surface area contributed by atoms with Crippen LogP contribution in [0.2, 0.25) is 0 Å². The van der Waals surface area contributed by atoms with Gasteiger partial charge in [-0.15, -0.1) is 0 Å². The molecule has 0 radical (unpaired) electrons. The predicted octanol–water partition coefficient (Wildman–Crippen LogP) is 15.5. The van der Waals surface area contributed by atoms with Crippen LogP contribution in [-0.2, 0) is 0 Å². The lowest BCUT2D eigenvalue weighted by Gasteiger charge is -2.12. The molecule has 3 nitrogen and oxygen atoms in total. The van der Waals surface area contributed by atoms with Crippen LogP contribution < -0.4 is 0 Å². The lowest BCUT2D eigenvalue weighted by molar-refractivity contribution is 1.17. The second-order valence-electron chi connectivity index (χ2n) is 16.1. The van der Waals surface area contributed by atoms with E-state index in [4.69, 9.17) is 0 Å². The third-order valence-corrected chi connectivity index (χ3v) is 12.8. The molecule has 284 valence electrons. The van der Waals surface area contributed by atoms with E-state index in [2.05, 4.69) is 238 Å². The average Bonchev–Trinajstić information content (AvgIpc) is 3.97. The maximum Gasteiger partial charge on any atom is 0.0548 e. The van der Waals surface area contributed by atoms with E-state index in [0.29, 0.717) is 0 Å². The van der Waals surface area contributed by atoms with Crippen LogP contribution >= 0.6 is 0 Å². The van der Waals surface area contributed by atoms with Crippen molar-refractivity contribution < 1.29 is 0 Å². The highest BCUT2D eigenvalue weighted by Gasteiger charge is 2.22. The quantitative estimate of drug-likeness (QED) is 0.165. The van der Waals surface area contributed by atoms with Crippen molar-refractivity contribution in [3.63, 3.8) is 0 Å². The van der Waals surface area contributed by atoms with Gasteiger partial charge in [-0.25, -0.2) is 0 Å². The van der Waals surface area contributed by atoms with Crippen molar-refractivity contribution in [1.82, 2.24) is 13.7 Å². The third kappa shape index (κ3) is 5.04. The molecule has 0 aliphatic carbocycles. The standard InChI is InChI=1S/C58H37N3/c1-3-15-38(16-4-1)40-19-13-22-44(35-40)60-54-32-30-42(37-49(54)58-56(60)34-33-55-57(58)47-25-10-12-27-52(47)59(55)43-20-5-2-6-21-43)41-29-31-53-48(36-41)46-24-9-11-26-51(46)61(53)50-28-14-18-39-17-7-8-23-45(39)50/h1-37H. The lowest BCUT2D eigenvalue weighted by Crippen LogP contribution is -1.95. The summed E-state index contributed by atoms with van der Waals surface area (Å²) in [5, 5.41) is 9.99. The summed E-state index contributed by atoms with van der Waals surface area (Å²) in [4.78, 5) is 0. The topological polar surface area (TPSA) is 14.8 Å². The fourth-order valence-electron chi connectivity index (χ4n) is 10.2. The average molecular weight is 776 g/mol. The Hall–Kier alpha value is -8.14. The van der Waals surface area contributed by atoms with E-state index >= 15 is 0 Å². The van der Waals surface area contributed by atoms with Gasteiger partial charge >= 0.3 is 0 Å². The van der Waals surface area contributed by atoms with Crippen LogP contribution in [0.15, 0.2) is 224 Å². The molecule has 3 heterocycles. The fourth-order valence-corrected chi connectivity index (χ4v) is 10.2. The van der Waals surface area contributed by atoms with Gasteiger partial charge in [-0.1, -0.05) is 146 Å². The fraction of sp³-hybridized carbons (Fsp3) is 0. The predicted molar refractivity (Wildman–Crippen MR) is 258 cm³/mol. The van der Waals surface area contributed by atoms with Crippen molar-refractivity contribution in [3.05, 3.63) is 224 Å². The molecule has 0 aliphatic rings. The number of para-hydroxylation sites is 3. The molecule has 0 saturated heterocycles. The number of hydrogen-bond acceptors (Lipinski definition) is 0. The minimum Gasteiger partial charge on any atom is -0.309 e. The molecule has 61 heavy (non-hydrogen) atoms. The molecule has 3 heteroatoms. The second-order valence-corrected chi connectivity index (χ2v) is 16.1. The first-order valence-corrected chi connectivity index (χ1v) is 21.0. The number of rotatable bonds is 5. The van der Waals surface area contributed by atoms with Gasteiger partial charge in [0.2, 0.25) is 0 Å². The molecular weight excluding hydrogens is 739 g/mol. The Balaban J connectivity index is 1.09. The van der Waals surface area contributed by atoms with Gasteiger partial charge in [0.25, 0.3) is 0 Å². The first kappa shape index (κ1) is 33.8. The molecule has 0 aliphatic heterocycles. The molecule has 0 unspecified atom stereocenters. The Morgan fingerprint density at radius 3 is 1.48 bits per heavy atom. The van der Waals surface area contributed by atoms with Gasteiger partial charge < -0.3 is 13.7 Å². The van der Waals surface area contributed by atoms with Crippen LogP contribution in [-0.4, -0.2) is 13.7 Å². The van der Waals surface area contributed by atoms with E-state index in [1.165, 1.54) is 104 Å². The van der Waals surface area contributed by atoms with Crippen molar-refractivity contribution in [3.8, 4) is 39.3 Å². The third-order valence-electron chi connectivity index (χ3n) is 12.8. The molecule has 13 aromatic rings. The van der Waals surface area contributed by atoms with Gasteiger partial charge in [-0.3, -0.25) is 0 Å². The summed E-state index contributed by atoms with van der Waals surface area (Å²) in [6.45, 7) is 0. The van der Waals surface area contributed by atoms with E-state index < -0.39 is 0 Å². The molecule has 3 aromatic heterocycles. The van der Waals surface area contributed by atoms with E-state index in [1.807, 2.05) is 0 Å². The van der Waals surface area contributed by atoms with Crippen LogP contribution in [0.3, 0.4) is 0 Å². The van der Waals surface area contributed by atoms with Crippen LogP contribution in [0.25, 0.3) is 116 Å². The number of fused-ring (bicyclic) bond motifs is 11. The minimum atomic E-state index is 1.14. The molecule has 0 bridgehead atoms. The number of hydrogen-bond donors (Lipinski definition) is 0. The van der Waals surface area contributed by atoms with E-state index in [0.717, 1.165) is 11.4 Å². The first-order chi connectivity index (χ1) is 30.3. The maximum atomic E-state index is 2.47. The zero-order chi connectivity index (χ0) is 40.0. The zero-order valence-corrected chi connectivity index (χ0v) is 33.2. The van der Waals surface area contributed by atoms with Gasteiger partial charge in [0.15, 0.2) is 0 Å². The SMILES string of the molecule is c1ccc(-c2cccc(-n3c4ccc(-c5ccc6c(c5)c5ccccc5n6-c5cccc6ccccc56)cc4c4c5c6ccccc6n(-c6ccccc6)c5ccc43)c2)cc1. The van der Waals surface area contributed by atoms with Crippen molar-refractivity contribution in [1.29, 1.82) is 0 Å². The monoisotopic (exact) mass is 775 g/mol.